The molecule has 0 aromatic carbocycles. The van der Waals surface area contributed by atoms with Gasteiger partial charge in [0.2, 0.25) is 0 Å². The van der Waals surface area contributed by atoms with Gasteiger partial charge >= 0.3 is 0 Å². The first kappa shape index (κ1) is 25.2. The van der Waals surface area contributed by atoms with Crippen LogP contribution in [0.3, 0.4) is 0 Å². The molecule has 0 saturated carbocycles. The molecule has 0 radical (unpaired) electrons. The van der Waals surface area contributed by atoms with Gasteiger partial charge in [-0.1, -0.05) is 0 Å². The molecule has 0 amide bonds. The lowest BCUT2D eigenvalue weighted by Crippen LogP contribution is -2.46. The smallest absolute Gasteiger partial charge is 0.189 e. The van der Waals surface area contributed by atoms with Crippen LogP contribution < -0.4 is 0 Å². The lowest BCUT2D eigenvalue weighted by atomic mass is 10.0. The number of hydrogen-bond donors (Lipinski definition) is 10. The van der Waals surface area contributed by atoms with Gasteiger partial charge in [-0.3, -0.25) is 4.79 Å². The molecule has 0 aromatic rings. The van der Waals surface area contributed by atoms with Crippen LogP contribution in [0.4, 0.5) is 0 Å². The molecule has 0 bridgehead atoms. The molecule has 12 nitrogen and oxygen atoms in total. The van der Waals surface area contributed by atoms with E-state index in [2.05, 4.69) is 0 Å². The zero-order valence-electron chi connectivity index (χ0n) is 12.5. The minimum absolute atomic E-state index is 0.0258. The van der Waals surface area contributed by atoms with Crippen LogP contribution in [0.15, 0.2) is 0 Å². The minimum Gasteiger partial charge on any atom is -0.394 e. The highest BCUT2D eigenvalue weighted by Gasteiger charge is 2.30. The first-order valence-electron chi connectivity index (χ1n) is 6.65. The topological polar surface area (TPSA) is 236 Å². The summed E-state index contributed by atoms with van der Waals surface area (Å²) in [5.41, 5.74) is 0. The van der Waals surface area contributed by atoms with Gasteiger partial charge in [0.05, 0.1) is 13.2 Å². The average molecular weight is 360 g/mol. The number of carbonyl (C=O) groups is 2. The van der Waals surface area contributed by atoms with Crippen molar-refractivity contribution in [3.63, 3.8) is 0 Å². The predicted octanol–water partition coefficient (Wildman–Crippen LogP) is -6.76. The number of hydrogen-bond acceptors (Lipinski definition) is 12. The number of aliphatic hydroxyl groups excluding tert-OH is 10. The van der Waals surface area contributed by atoms with E-state index in [1.165, 1.54) is 0 Å². The largest absolute Gasteiger partial charge is 0.394 e. The van der Waals surface area contributed by atoms with Gasteiger partial charge in [0.25, 0.3) is 0 Å². The Morgan fingerprint density at radius 2 is 1.17 bits per heavy atom. The fourth-order valence-corrected chi connectivity index (χ4v) is 1.22. The summed E-state index contributed by atoms with van der Waals surface area (Å²) in [5.74, 6) is -1.00. The first-order chi connectivity index (χ1) is 11.1. The van der Waals surface area contributed by atoms with Gasteiger partial charge in [-0.2, -0.15) is 0 Å². The van der Waals surface area contributed by atoms with Crippen LogP contribution in [-0.4, -0.2) is 126 Å². The fourth-order valence-electron chi connectivity index (χ4n) is 1.22. The van der Waals surface area contributed by atoms with Gasteiger partial charge in [-0.25, -0.2) is 0 Å². The zero-order valence-corrected chi connectivity index (χ0v) is 12.5. The van der Waals surface area contributed by atoms with E-state index < -0.39 is 68.3 Å². The molecule has 12 heteroatoms. The van der Waals surface area contributed by atoms with Crippen LogP contribution in [0.5, 0.6) is 0 Å². The van der Waals surface area contributed by atoms with Crippen LogP contribution >= 0.6 is 0 Å². The van der Waals surface area contributed by atoms with E-state index in [0.717, 1.165) is 0 Å². The molecule has 0 rings (SSSR count). The molecule has 0 unspecified atom stereocenters. The summed E-state index contributed by atoms with van der Waals surface area (Å²) in [6.45, 7) is -2.45. The summed E-state index contributed by atoms with van der Waals surface area (Å²) in [7, 11) is 0. The summed E-state index contributed by atoms with van der Waals surface area (Å²) >= 11 is 0. The lowest BCUT2D eigenvalue weighted by molar-refractivity contribution is -0.142. The third-order valence-electron chi connectivity index (χ3n) is 2.81. The average Bonchev–Trinajstić information content (AvgIpc) is 2.62. The van der Waals surface area contributed by atoms with Crippen molar-refractivity contribution in [2.45, 2.75) is 42.7 Å². The molecule has 0 spiro atoms. The molecular weight excluding hydrogens is 336 g/mol. The first-order valence-corrected chi connectivity index (χ1v) is 6.65. The van der Waals surface area contributed by atoms with Crippen molar-refractivity contribution in [2.75, 3.05) is 19.8 Å². The lowest BCUT2D eigenvalue weighted by Gasteiger charge is -2.22. The maximum atomic E-state index is 10.5. The Kier molecular flexibility index (Phi) is 13.9. The van der Waals surface area contributed by atoms with E-state index in [1.54, 1.807) is 0 Å². The van der Waals surface area contributed by atoms with Crippen molar-refractivity contribution in [2.24, 2.45) is 0 Å². The Hall–Kier alpha value is -1.06. The molecular formula is C12H24O12. The highest BCUT2D eigenvalue weighted by molar-refractivity contribution is 5.84. The second-order valence-corrected chi connectivity index (χ2v) is 4.67. The number of rotatable bonds is 10. The number of aldehydes is 1. The van der Waals surface area contributed by atoms with Gasteiger partial charge in [-0.05, 0) is 0 Å². The Balaban J connectivity index is 0. The molecule has 0 aromatic heterocycles. The normalized spacial score (nSPS) is 19.8. The van der Waals surface area contributed by atoms with Gasteiger partial charge in [-0.15, -0.1) is 0 Å². The second kappa shape index (κ2) is 13.3. The predicted molar refractivity (Wildman–Crippen MR) is 74.4 cm³/mol. The van der Waals surface area contributed by atoms with Gasteiger partial charge in [0.15, 0.2) is 12.1 Å². The van der Waals surface area contributed by atoms with Crippen LogP contribution in [0.25, 0.3) is 0 Å². The van der Waals surface area contributed by atoms with Crippen LogP contribution in [0.2, 0.25) is 0 Å². The van der Waals surface area contributed by atoms with Crippen LogP contribution in [0.1, 0.15) is 0 Å². The van der Waals surface area contributed by atoms with Crippen molar-refractivity contribution >= 4 is 12.1 Å². The zero-order chi connectivity index (χ0) is 19.4. The van der Waals surface area contributed by atoms with E-state index in [4.69, 9.17) is 51.1 Å². The summed E-state index contributed by atoms with van der Waals surface area (Å²) < 4.78 is 0. The van der Waals surface area contributed by atoms with Crippen LogP contribution in [0, 0.1) is 0 Å². The Labute approximate surface area is 136 Å². The van der Waals surface area contributed by atoms with E-state index in [9.17, 15) is 9.59 Å². The van der Waals surface area contributed by atoms with E-state index >= 15 is 0 Å². The minimum atomic E-state index is -1.86. The maximum Gasteiger partial charge on any atom is 0.189 e. The van der Waals surface area contributed by atoms with E-state index in [-0.39, 0.29) is 6.29 Å². The molecule has 0 heterocycles. The van der Waals surface area contributed by atoms with Gasteiger partial charge in [0.1, 0.15) is 49.3 Å². The molecule has 0 fully saturated rings. The summed E-state index contributed by atoms with van der Waals surface area (Å²) in [6, 6.07) is 0. The maximum absolute atomic E-state index is 10.5. The highest BCUT2D eigenvalue weighted by atomic mass is 16.4. The third-order valence-corrected chi connectivity index (χ3v) is 2.81. The standard InChI is InChI=1S/2C6H12O6/c2*7-1-3(9)5(11)6(12)4(10)2-8/h3,5-9,11-12H,1-2H2;1,3-6,8-12H,2H2/t3-,5+,6-;3-,4+,5+,6+/m10/s1. The molecule has 144 valence electrons. The molecule has 10 N–H and O–H groups in total. The Bertz CT molecular complexity index is 351. The summed E-state index contributed by atoms with van der Waals surface area (Å²) in [5, 5.41) is 86.6. The molecule has 0 aliphatic carbocycles. The molecule has 0 saturated heterocycles. The third kappa shape index (κ3) is 8.70. The van der Waals surface area contributed by atoms with Crippen molar-refractivity contribution < 1.29 is 60.7 Å². The summed E-state index contributed by atoms with van der Waals surface area (Å²) in [4.78, 5) is 20.4. The molecule has 0 aliphatic heterocycles. The van der Waals surface area contributed by atoms with Crippen molar-refractivity contribution in [3.05, 3.63) is 0 Å². The number of ketones is 1. The van der Waals surface area contributed by atoms with E-state index in [0.29, 0.717) is 0 Å². The number of aliphatic hydroxyl groups is 10. The molecule has 7 atom stereocenters. The molecule has 24 heavy (non-hydrogen) atoms. The monoisotopic (exact) mass is 360 g/mol. The number of carbonyl (C=O) groups excluding carboxylic acids is 2. The van der Waals surface area contributed by atoms with Gasteiger partial charge in [0, 0.05) is 0 Å². The summed E-state index contributed by atoms with van der Waals surface area (Å²) in [6.07, 6.45) is -12.1. The Morgan fingerprint density at radius 3 is 1.50 bits per heavy atom. The van der Waals surface area contributed by atoms with E-state index in [1.807, 2.05) is 0 Å². The van der Waals surface area contributed by atoms with Crippen molar-refractivity contribution in [1.29, 1.82) is 0 Å². The highest BCUT2D eigenvalue weighted by Crippen LogP contribution is 2.03. The van der Waals surface area contributed by atoms with Crippen molar-refractivity contribution in [3.8, 4) is 0 Å². The van der Waals surface area contributed by atoms with Crippen molar-refractivity contribution in [1.82, 2.24) is 0 Å². The van der Waals surface area contributed by atoms with Gasteiger partial charge < -0.3 is 55.9 Å². The fraction of sp³-hybridized carbons (Fsp3) is 0.833. The molecule has 0 aliphatic rings. The Morgan fingerprint density at radius 1 is 0.750 bits per heavy atom. The SMILES string of the molecule is O=C(CO)[C@@H](O)[C@@H](O)[C@H](O)CO.O=C[C@H](O)[C@@H](O)[C@H](O)[C@H](O)CO. The quantitative estimate of drug-likeness (QED) is 0.164. The number of Topliss-reactive ketones (excluding diaryl/α,β-unsaturated/α-hetero) is 1. The van der Waals surface area contributed by atoms with Crippen LogP contribution in [-0.2, 0) is 9.59 Å². The second-order valence-electron chi connectivity index (χ2n) is 4.67.